The first kappa shape index (κ1) is 23.3. The van der Waals surface area contributed by atoms with E-state index in [1.165, 1.54) is 0 Å². The number of allylic oxidation sites excluding steroid dienone is 1. The van der Waals surface area contributed by atoms with Crippen LogP contribution in [0.4, 0.5) is 0 Å². The molecule has 0 aliphatic heterocycles. The van der Waals surface area contributed by atoms with Crippen LogP contribution in [-0.2, 0) is 17.8 Å². The molecule has 1 N–H and O–H groups in total. The molecule has 1 heterocycles. The van der Waals surface area contributed by atoms with Crippen molar-refractivity contribution in [3.63, 3.8) is 0 Å². The van der Waals surface area contributed by atoms with E-state index in [0.717, 1.165) is 50.7 Å². The lowest BCUT2D eigenvalue weighted by molar-refractivity contribution is -0.131. The smallest absolute Gasteiger partial charge is 0.328 e. The van der Waals surface area contributed by atoms with Crippen LogP contribution in [0.2, 0.25) is 5.02 Å². The summed E-state index contributed by atoms with van der Waals surface area (Å²) in [6.45, 7) is 2.38. The number of carboxylic acids is 1. The summed E-state index contributed by atoms with van der Waals surface area (Å²) in [5.74, 6) is -0.122. The minimum atomic E-state index is -0.968. The molecule has 5 heteroatoms. The van der Waals surface area contributed by atoms with Crippen molar-refractivity contribution in [2.45, 2.75) is 20.0 Å². The third-order valence-electron chi connectivity index (χ3n) is 5.41. The van der Waals surface area contributed by atoms with Gasteiger partial charge < -0.3 is 9.84 Å². The van der Waals surface area contributed by atoms with Crippen LogP contribution in [0.3, 0.4) is 0 Å². The van der Waals surface area contributed by atoms with Crippen LogP contribution in [-0.4, -0.2) is 16.1 Å². The van der Waals surface area contributed by atoms with Crippen LogP contribution >= 0.6 is 11.6 Å². The Morgan fingerprint density at radius 3 is 2.56 bits per heavy atom. The van der Waals surface area contributed by atoms with E-state index < -0.39 is 5.97 Å². The molecule has 170 valence electrons. The van der Waals surface area contributed by atoms with Crippen molar-refractivity contribution in [2.24, 2.45) is 0 Å². The quantitative estimate of drug-likeness (QED) is 0.279. The lowest BCUT2D eigenvalue weighted by Gasteiger charge is -2.13. The molecule has 0 saturated carbocycles. The number of hydrogen-bond acceptors (Lipinski definition) is 3. The third kappa shape index (κ3) is 5.91. The molecule has 3 aromatic carbocycles. The number of carboxylic acid groups (broad SMARTS) is 1. The van der Waals surface area contributed by atoms with Crippen LogP contribution in [0.5, 0.6) is 5.75 Å². The summed E-state index contributed by atoms with van der Waals surface area (Å²) >= 11 is 6.11. The maximum Gasteiger partial charge on any atom is 0.328 e. The van der Waals surface area contributed by atoms with Crippen molar-refractivity contribution in [1.82, 2.24) is 4.98 Å². The van der Waals surface area contributed by atoms with Gasteiger partial charge in [-0.25, -0.2) is 9.78 Å². The fourth-order valence-electron chi connectivity index (χ4n) is 3.73. The highest BCUT2D eigenvalue weighted by Crippen LogP contribution is 2.26. The number of halogens is 1. The Bertz CT molecular complexity index is 1390. The van der Waals surface area contributed by atoms with E-state index >= 15 is 0 Å². The van der Waals surface area contributed by atoms with Crippen LogP contribution in [0, 0.1) is 6.92 Å². The molecule has 0 aliphatic rings. The molecule has 4 aromatic rings. The number of aliphatic carboxylic acids is 1. The van der Waals surface area contributed by atoms with E-state index in [1.807, 2.05) is 79.7 Å². The Labute approximate surface area is 203 Å². The minimum absolute atomic E-state index is 0.354. The molecule has 1 aromatic heterocycles. The van der Waals surface area contributed by atoms with E-state index in [4.69, 9.17) is 21.4 Å². The van der Waals surface area contributed by atoms with E-state index in [9.17, 15) is 4.79 Å². The van der Waals surface area contributed by atoms with Gasteiger partial charge in [0.05, 0.1) is 11.2 Å². The van der Waals surface area contributed by atoms with Crippen molar-refractivity contribution in [2.75, 3.05) is 0 Å². The Morgan fingerprint density at radius 2 is 1.76 bits per heavy atom. The molecule has 0 amide bonds. The maximum absolute atomic E-state index is 10.9. The van der Waals surface area contributed by atoms with Crippen molar-refractivity contribution < 1.29 is 14.6 Å². The lowest BCUT2D eigenvalue weighted by Crippen LogP contribution is -2.02. The zero-order valence-electron chi connectivity index (χ0n) is 18.7. The Hall–Kier alpha value is -3.89. The topological polar surface area (TPSA) is 59.4 Å². The summed E-state index contributed by atoms with van der Waals surface area (Å²) in [7, 11) is 0. The number of para-hydroxylation sites is 1. The van der Waals surface area contributed by atoms with Gasteiger partial charge in [-0.05, 0) is 59.9 Å². The molecular weight excluding hydrogens is 446 g/mol. The molecule has 0 aliphatic carbocycles. The average molecular weight is 470 g/mol. The molecular formula is C29H24ClNO3. The summed E-state index contributed by atoms with van der Waals surface area (Å²) < 4.78 is 6.22. The lowest BCUT2D eigenvalue weighted by atomic mass is 10.0. The van der Waals surface area contributed by atoms with E-state index in [0.29, 0.717) is 18.1 Å². The Morgan fingerprint density at radius 1 is 1.00 bits per heavy atom. The second kappa shape index (κ2) is 10.8. The number of nitrogens with zero attached hydrogens (tertiary/aromatic N) is 1. The zero-order chi connectivity index (χ0) is 23.9. The fourth-order valence-corrected chi connectivity index (χ4v) is 3.89. The van der Waals surface area contributed by atoms with Crippen LogP contribution < -0.4 is 4.74 Å². The molecule has 34 heavy (non-hydrogen) atoms. The SMILES string of the molecule is Cc1cccc(C/C=C/c2ccccc2/C=C/C(=O)O)c1OCc1ccc2ccc(Cl)cc2n1. The van der Waals surface area contributed by atoms with Crippen molar-refractivity contribution in [3.8, 4) is 5.75 Å². The third-order valence-corrected chi connectivity index (χ3v) is 5.64. The van der Waals surface area contributed by atoms with Crippen LogP contribution in [0.15, 0.2) is 84.9 Å². The van der Waals surface area contributed by atoms with Gasteiger partial charge in [0.2, 0.25) is 0 Å². The van der Waals surface area contributed by atoms with Crippen LogP contribution in [0.1, 0.15) is 27.9 Å². The van der Waals surface area contributed by atoms with Crippen molar-refractivity contribution >= 4 is 40.6 Å². The molecule has 0 radical (unpaired) electrons. The molecule has 0 spiro atoms. The zero-order valence-corrected chi connectivity index (χ0v) is 19.5. The molecule has 0 atom stereocenters. The predicted octanol–water partition coefficient (Wildman–Crippen LogP) is 7.13. The molecule has 0 unspecified atom stereocenters. The predicted molar refractivity (Wildman–Crippen MR) is 138 cm³/mol. The number of carbonyl (C=O) groups is 1. The van der Waals surface area contributed by atoms with Crippen molar-refractivity contribution in [3.05, 3.63) is 118 Å². The Kier molecular flexibility index (Phi) is 7.41. The number of fused-ring (bicyclic) bond motifs is 1. The van der Waals surface area contributed by atoms with E-state index in [-0.39, 0.29) is 0 Å². The number of pyridine rings is 1. The fraction of sp³-hybridized carbons (Fsp3) is 0.103. The van der Waals surface area contributed by atoms with Gasteiger partial charge in [0, 0.05) is 16.5 Å². The summed E-state index contributed by atoms with van der Waals surface area (Å²) in [5.41, 5.74) is 5.60. The van der Waals surface area contributed by atoms with Gasteiger partial charge >= 0.3 is 5.97 Å². The molecule has 0 saturated heterocycles. The summed E-state index contributed by atoms with van der Waals surface area (Å²) in [4.78, 5) is 15.5. The molecule has 4 rings (SSSR count). The number of benzene rings is 3. The number of rotatable bonds is 8. The summed E-state index contributed by atoms with van der Waals surface area (Å²) in [6, 6.07) is 23.4. The van der Waals surface area contributed by atoms with Gasteiger partial charge in [-0.1, -0.05) is 78.4 Å². The second-order valence-corrected chi connectivity index (χ2v) is 8.33. The normalized spacial score (nSPS) is 11.5. The molecule has 4 nitrogen and oxygen atoms in total. The largest absolute Gasteiger partial charge is 0.487 e. The number of ether oxygens (including phenoxy) is 1. The standard InChI is InChI=1S/C29H24ClNO3/c1-20-6-4-10-24(11-5-9-21-7-2-3-8-22(21)14-17-28(32)33)29(20)34-19-26-16-13-23-12-15-25(30)18-27(23)31-26/h2-10,12-18H,11,19H2,1H3,(H,32,33)/b9-5+,17-14+. The molecule has 0 bridgehead atoms. The first-order valence-corrected chi connectivity index (χ1v) is 11.3. The molecule has 0 fully saturated rings. The van der Waals surface area contributed by atoms with Gasteiger partial charge in [-0.2, -0.15) is 0 Å². The first-order chi connectivity index (χ1) is 16.5. The Balaban J connectivity index is 1.50. The van der Waals surface area contributed by atoms with Gasteiger partial charge in [-0.15, -0.1) is 0 Å². The van der Waals surface area contributed by atoms with Crippen molar-refractivity contribution in [1.29, 1.82) is 0 Å². The van der Waals surface area contributed by atoms with Gasteiger partial charge in [-0.3, -0.25) is 0 Å². The average Bonchev–Trinajstić information content (AvgIpc) is 2.82. The van der Waals surface area contributed by atoms with E-state index in [1.54, 1.807) is 6.08 Å². The minimum Gasteiger partial charge on any atom is -0.487 e. The maximum atomic E-state index is 10.9. The van der Waals surface area contributed by atoms with Gasteiger partial charge in [0.25, 0.3) is 0 Å². The highest BCUT2D eigenvalue weighted by Gasteiger charge is 2.08. The summed E-state index contributed by atoms with van der Waals surface area (Å²) in [5, 5.41) is 10.6. The number of aryl methyl sites for hydroxylation is 1. The second-order valence-electron chi connectivity index (χ2n) is 7.90. The highest BCUT2D eigenvalue weighted by molar-refractivity contribution is 6.31. The summed E-state index contributed by atoms with van der Waals surface area (Å²) in [6.07, 6.45) is 7.49. The van der Waals surface area contributed by atoms with Gasteiger partial charge in [0.15, 0.2) is 0 Å². The highest BCUT2D eigenvalue weighted by atomic mass is 35.5. The van der Waals surface area contributed by atoms with Crippen LogP contribution in [0.25, 0.3) is 23.1 Å². The monoisotopic (exact) mass is 469 g/mol. The number of hydrogen-bond donors (Lipinski definition) is 1. The van der Waals surface area contributed by atoms with E-state index in [2.05, 4.69) is 17.1 Å². The number of aromatic nitrogens is 1. The van der Waals surface area contributed by atoms with Gasteiger partial charge in [0.1, 0.15) is 12.4 Å². The first-order valence-electron chi connectivity index (χ1n) is 10.9.